The van der Waals surface area contributed by atoms with Crippen LogP contribution in [0.2, 0.25) is 5.02 Å². The highest BCUT2D eigenvalue weighted by Crippen LogP contribution is 2.42. The smallest absolute Gasteiger partial charge is 0.214 e. The predicted octanol–water partition coefficient (Wildman–Crippen LogP) is 5.35. The van der Waals surface area contributed by atoms with Crippen molar-refractivity contribution in [2.45, 2.75) is 42.2 Å². The lowest BCUT2D eigenvalue weighted by atomic mass is 9.85. The summed E-state index contributed by atoms with van der Waals surface area (Å²) >= 11 is 7.02. The number of piperidine rings is 1. The number of hydrogen-bond acceptors (Lipinski definition) is 6. The van der Waals surface area contributed by atoms with Crippen LogP contribution in [0.4, 0.5) is 24.7 Å². The topological polar surface area (TPSA) is 40.6 Å². The Morgan fingerprint density at radius 3 is 2.78 bits per heavy atom. The number of halogens is 4. The third-order valence-corrected chi connectivity index (χ3v) is 7.71. The van der Waals surface area contributed by atoms with Crippen molar-refractivity contribution in [1.29, 1.82) is 0 Å². The summed E-state index contributed by atoms with van der Waals surface area (Å²) in [5.74, 6) is -2.15. The maximum Gasteiger partial charge on any atom is 0.214 e. The first kappa shape index (κ1) is 23.5. The van der Waals surface area contributed by atoms with Crippen LogP contribution in [-0.2, 0) is 4.74 Å². The van der Waals surface area contributed by atoms with Gasteiger partial charge in [0.25, 0.3) is 0 Å². The molecule has 3 heterocycles. The molecular formula is C22H26ClF3N4OS. The van der Waals surface area contributed by atoms with E-state index in [0.29, 0.717) is 30.7 Å². The standard InChI is InChI=1S/C22H26ClF3N4OS/c1-29-10-4-3-6-16(29)22(31-2)9-11-30(13-22)15-12-14(24)21(20(26)19(15)23)32-28-18-8-5-7-17(25)27-18/h5,7-8,12,16H,3-4,6,9-11,13H2,1-2H3,(H,27,28). The molecule has 2 atom stereocenters. The molecule has 2 aromatic rings. The zero-order chi connectivity index (χ0) is 22.9. The maximum atomic E-state index is 15.1. The minimum atomic E-state index is -0.861. The van der Waals surface area contributed by atoms with Gasteiger partial charge in [-0.1, -0.05) is 24.1 Å². The highest BCUT2D eigenvalue weighted by Gasteiger charge is 2.47. The van der Waals surface area contributed by atoms with Gasteiger partial charge in [0.2, 0.25) is 5.95 Å². The lowest BCUT2D eigenvalue weighted by Gasteiger charge is -2.44. The molecule has 0 aliphatic carbocycles. The molecule has 0 bridgehead atoms. The number of anilines is 2. The second-order valence-electron chi connectivity index (χ2n) is 8.32. The van der Waals surface area contributed by atoms with Gasteiger partial charge in [-0.2, -0.15) is 4.39 Å². The number of likely N-dealkylation sites (tertiary alicyclic amines) is 1. The first-order valence-electron chi connectivity index (χ1n) is 10.6. The van der Waals surface area contributed by atoms with E-state index in [0.717, 1.165) is 32.2 Å². The SMILES string of the molecule is COC1(C2CCCCN2C)CCN(c2cc(F)c(SNc3cccc(F)n3)c(F)c2Cl)C1. The minimum absolute atomic E-state index is 0.146. The molecule has 2 aliphatic heterocycles. The molecule has 2 aliphatic rings. The van der Waals surface area contributed by atoms with E-state index in [2.05, 4.69) is 21.7 Å². The number of rotatable bonds is 6. The zero-order valence-corrected chi connectivity index (χ0v) is 19.6. The van der Waals surface area contributed by atoms with E-state index in [1.54, 1.807) is 7.11 Å². The molecule has 0 amide bonds. The van der Waals surface area contributed by atoms with Gasteiger partial charge in [0.15, 0.2) is 5.82 Å². The van der Waals surface area contributed by atoms with E-state index in [9.17, 15) is 8.78 Å². The van der Waals surface area contributed by atoms with E-state index >= 15 is 4.39 Å². The van der Waals surface area contributed by atoms with Crippen LogP contribution in [0.5, 0.6) is 0 Å². The predicted molar refractivity (Wildman–Crippen MR) is 122 cm³/mol. The molecule has 1 aromatic carbocycles. The molecular weight excluding hydrogens is 461 g/mol. The number of nitrogens with zero attached hydrogens (tertiary/aromatic N) is 3. The molecule has 0 radical (unpaired) electrons. The van der Waals surface area contributed by atoms with Crippen molar-refractivity contribution in [3.05, 3.63) is 46.9 Å². The van der Waals surface area contributed by atoms with Crippen molar-refractivity contribution < 1.29 is 17.9 Å². The third-order valence-electron chi connectivity index (χ3n) is 6.46. The summed E-state index contributed by atoms with van der Waals surface area (Å²) in [7, 11) is 3.81. The third kappa shape index (κ3) is 4.53. The largest absolute Gasteiger partial charge is 0.375 e. The van der Waals surface area contributed by atoms with Crippen molar-refractivity contribution in [2.24, 2.45) is 0 Å². The summed E-state index contributed by atoms with van der Waals surface area (Å²) in [5.41, 5.74) is -0.101. The van der Waals surface area contributed by atoms with E-state index in [-0.39, 0.29) is 21.8 Å². The van der Waals surface area contributed by atoms with Crippen molar-refractivity contribution in [2.75, 3.05) is 43.4 Å². The molecule has 4 rings (SSSR count). The fourth-order valence-corrected chi connectivity index (χ4v) is 5.78. The van der Waals surface area contributed by atoms with Crippen LogP contribution in [-0.4, -0.2) is 55.3 Å². The molecule has 0 spiro atoms. The van der Waals surface area contributed by atoms with Gasteiger partial charge in [-0.05, 0) is 56.9 Å². The summed E-state index contributed by atoms with van der Waals surface area (Å²) in [5, 5.41) is -0.146. The van der Waals surface area contributed by atoms with Crippen molar-refractivity contribution >= 4 is 35.1 Å². The maximum absolute atomic E-state index is 15.1. The minimum Gasteiger partial charge on any atom is -0.375 e. The van der Waals surface area contributed by atoms with Crippen LogP contribution in [0.25, 0.3) is 0 Å². The number of methoxy groups -OCH3 is 1. The summed E-state index contributed by atoms with van der Waals surface area (Å²) in [6, 6.07) is 5.64. The van der Waals surface area contributed by atoms with E-state index in [1.165, 1.54) is 24.3 Å². The normalized spacial score (nSPS) is 24.2. The van der Waals surface area contributed by atoms with E-state index in [4.69, 9.17) is 16.3 Å². The van der Waals surface area contributed by atoms with Crippen molar-refractivity contribution in [3.63, 3.8) is 0 Å². The Kier molecular flexibility index (Phi) is 7.09. The van der Waals surface area contributed by atoms with Gasteiger partial charge in [-0.15, -0.1) is 0 Å². The van der Waals surface area contributed by atoms with Gasteiger partial charge in [-0.3, -0.25) is 0 Å². The molecule has 174 valence electrons. The molecule has 0 saturated carbocycles. The number of pyridine rings is 1. The van der Waals surface area contributed by atoms with Crippen LogP contribution < -0.4 is 9.62 Å². The first-order chi connectivity index (χ1) is 15.3. The summed E-state index contributed by atoms with van der Waals surface area (Å²) in [6.45, 7) is 2.11. The number of ether oxygens (including phenoxy) is 1. The van der Waals surface area contributed by atoms with Gasteiger partial charge >= 0.3 is 0 Å². The van der Waals surface area contributed by atoms with Crippen LogP contribution in [0.3, 0.4) is 0 Å². The number of benzene rings is 1. The van der Waals surface area contributed by atoms with E-state index in [1.807, 2.05) is 4.90 Å². The fraction of sp³-hybridized carbons (Fsp3) is 0.500. The second kappa shape index (κ2) is 9.67. The van der Waals surface area contributed by atoms with Crippen LogP contribution in [0.15, 0.2) is 29.2 Å². The van der Waals surface area contributed by atoms with Crippen molar-refractivity contribution in [3.8, 4) is 0 Å². The Bertz CT molecular complexity index is 984. The van der Waals surface area contributed by atoms with Gasteiger partial charge < -0.3 is 19.3 Å². The van der Waals surface area contributed by atoms with Gasteiger partial charge in [0.1, 0.15) is 27.2 Å². The highest BCUT2D eigenvalue weighted by molar-refractivity contribution is 8.00. The number of aromatic nitrogens is 1. The average molecular weight is 487 g/mol. The first-order valence-corrected chi connectivity index (χ1v) is 11.8. The molecule has 5 nitrogen and oxygen atoms in total. The molecule has 2 fully saturated rings. The quantitative estimate of drug-likeness (QED) is 0.337. The molecule has 1 aromatic heterocycles. The average Bonchev–Trinajstić information content (AvgIpc) is 3.22. The summed E-state index contributed by atoms with van der Waals surface area (Å²) < 4.78 is 51.9. The monoisotopic (exact) mass is 486 g/mol. The Labute approximate surface area is 195 Å². The number of hydrogen-bond donors (Lipinski definition) is 1. The summed E-state index contributed by atoms with van der Waals surface area (Å²) in [4.78, 5) is 7.55. The van der Waals surface area contributed by atoms with Crippen LogP contribution >= 0.6 is 23.5 Å². The van der Waals surface area contributed by atoms with Crippen molar-refractivity contribution in [1.82, 2.24) is 9.88 Å². The van der Waals surface area contributed by atoms with Gasteiger partial charge in [0.05, 0.1) is 5.69 Å². The lowest BCUT2D eigenvalue weighted by molar-refractivity contribution is -0.0689. The van der Waals surface area contributed by atoms with Gasteiger partial charge in [-0.25, -0.2) is 13.8 Å². The Morgan fingerprint density at radius 2 is 2.06 bits per heavy atom. The molecule has 2 unspecified atom stereocenters. The van der Waals surface area contributed by atoms with E-state index < -0.39 is 23.2 Å². The highest BCUT2D eigenvalue weighted by atomic mass is 35.5. The van der Waals surface area contributed by atoms with Gasteiger partial charge in [0, 0.05) is 32.3 Å². The number of nitrogens with one attached hydrogen (secondary N) is 1. The molecule has 10 heteroatoms. The van der Waals surface area contributed by atoms with Crippen LogP contribution in [0.1, 0.15) is 25.7 Å². The summed E-state index contributed by atoms with van der Waals surface area (Å²) in [6.07, 6.45) is 4.09. The Morgan fingerprint density at radius 1 is 1.25 bits per heavy atom. The van der Waals surface area contributed by atoms with Crippen LogP contribution in [0, 0.1) is 17.6 Å². The second-order valence-corrected chi connectivity index (χ2v) is 9.51. The molecule has 32 heavy (non-hydrogen) atoms. The number of likely N-dealkylation sites (N-methyl/N-ethyl adjacent to an activating group) is 1. The molecule has 2 saturated heterocycles. The molecule has 1 N–H and O–H groups in total. The Balaban J connectivity index is 1.54. The zero-order valence-electron chi connectivity index (χ0n) is 18.0. The Hall–Kier alpha value is -1.68. The lowest BCUT2D eigenvalue weighted by Crippen LogP contribution is -2.56. The fourth-order valence-electron chi connectivity index (χ4n) is 4.78.